The molecule has 0 saturated heterocycles. The maximum atomic E-state index is 5.78. The van der Waals surface area contributed by atoms with Crippen LogP contribution in [0, 0.1) is 6.92 Å². The summed E-state index contributed by atoms with van der Waals surface area (Å²) in [4.78, 5) is 13.0. The molecule has 0 radical (unpaired) electrons. The zero-order valence-electron chi connectivity index (χ0n) is 10.4. The van der Waals surface area contributed by atoms with Gasteiger partial charge in [-0.25, -0.2) is 4.98 Å². The van der Waals surface area contributed by atoms with Gasteiger partial charge in [-0.2, -0.15) is 9.97 Å². The summed E-state index contributed by atoms with van der Waals surface area (Å²) in [5.74, 6) is 2.74. The van der Waals surface area contributed by atoms with Crippen LogP contribution < -0.4 is 5.73 Å². The fourth-order valence-electron chi connectivity index (χ4n) is 2.48. The van der Waals surface area contributed by atoms with Gasteiger partial charge in [0.2, 0.25) is 11.8 Å². The van der Waals surface area contributed by atoms with Crippen molar-refractivity contribution < 1.29 is 4.42 Å². The average molecular weight is 244 g/mol. The highest BCUT2D eigenvalue weighted by atomic mass is 16.3. The SMILES string of the molecule is Cc1ccoc1-c1nc(N)nc(C2CCCC2)n1. The Kier molecular flexibility index (Phi) is 2.74. The number of aromatic nitrogens is 3. The minimum atomic E-state index is 0.276. The Morgan fingerprint density at radius 2 is 2.00 bits per heavy atom. The largest absolute Gasteiger partial charge is 0.461 e. The average Bonchev–Trinajstić information content (AvgIpc) is 2.98. The van der Waals surface area contributed by atoms with Crippen LogP contribution in [0.3, 0.4) is 0 Å². The fraction of sp³-hybridized carbons (Fsp3) is 0.462. The topological polar surface area (TPSA) is 77.8 Å². The van der Waals surface area contributed by atoms with E-state index in [1.54, 1.807) is 6.26 Å². The minimum absolute atomic E-state index is 0.276. The molecule has 2 N–H and O–H groups in total. The molecule has 94 valence electrons. The number of rotatable bonds is 2. The van der Waals surface area contributed by atoms with Crippen LogP contribution in [0.4, 0.5) is 5.95 Å². The second kappa shape index (κ2) is 4.40. The van der Waals surface area contributed by atoms with Crippen LogP contribution in [-0.2, 0) is 0 Å². The summed E-state index contributed by atoms with van der Waals surface area (Å²) in [5, 5.41) is 0. The van der Waals surface area contributed by atoms with Crippen molar-refractivity contribution in [2.45, 2.75) is 38.5 Å². The molecular formula is C13H16N4O. The van der Waals surface area contributed by atoms with Crippen LogP contribution in [0.15, 0.2) is 16.7 Å². The maximum Gasteiger partial charge on any atom is 0.223 e. The third-order valence-electron chi connectivity index (χ3n) is 3.46. The molecule has 0 bridgehead atoms. The van der Waals surface area contributed by atoms with E-state index in [4.69, 9.17) is 10.2 Å². The molecule has 2 heterocycles. The quantitative estimate of drug-likeness (QED) is 0.878. The van der Waals surface area contributed by atoms with Crippen molar-refractivity contribution in [2.24, 2.45) is 0 Å². The molecule has 1 aliphatic rings. The van der Waals surface area contributed by atoms with Crippen molar-refractivity contribution in [3.05, 3.63) is 23.7 Å². The molecule has 0 aliphatic heterocycles. The molecule has 0 aromatic carbocycles. The number of nitrogens with two attached hydrogens (primary N) is 1. The van der Waals surface area contributed by atoms with E-state index in [0.29, 0.717) is 17.5 Å². The number of anilines is 1. The van der Waals surface area contributed by atoms with E-state index in [0.717, 1.165) is 24.2 Å². The normalized spacial score (nSPS) is 16.3. The zero-order valence-corrected chi connectivity index (χ0v) is 10.4. The first-order chi connectivity index (χ1) is 8.74. The number of hydrogen-bond acceptors (Lipinski definition) is 5. The standard InChI is InChI=1S/C13H16N4O/c1-8-6-7-18-10(8)12-15-11(16-13(14)17-12)9-4-2-3-5-9/h6-7,9H,2-5H2,1H3,(H2,14,15,16,17). The third-order valence-corrected chi connectivity index (χ3v) is 3.46. The second-order valence-electron chi connectivity index (χ2n) is 4.79. The van der Waals surface area contributed by atoms with Gasteiger partial charge in [-0.05, 0) is 31.4 Å². The second-order valence-corrected chi connectivity index (χ2v) is 4.79. The van der Waals surface area contributed by atoms with Gasteiger partial charge in [0.25, 0.3) is 0 Å². The Hall–Kier alpha value is -1.91. The van der Waals surface area contributed by atoms with Gasteiger partial charge >= 0.3 is 0 Å². The lowest BCUT2D eigenvalue weighted by Crippen LogP contribution is -2.07. The number of furan rings is 1. The van der Waals surface area contributed by atoms with Crippen molar-refractivity contribution in [1.82, 2.24) is 15.0 Å². The summed E-state index contributed by atoms with van der Waals surface area (Å²) in [6.07, 6.45) is 6.40. The van der Waals surface area contributed by atoms with Crippen LogP contribution in [0.25, 0.3) is 11.6 Å². The van der Waals surface area contributed by atoms with Crippen LogP contribution in [0.5, 0.6) is 0 Å². The van der Waals surface area contributed by atoms with Crippen LogP contribution in [0.1, 0.15) is 43.0 Å². The van der Waals surface area contributed by atoms with E-state index >= 15 is 0 Å². The molecule has 0 unspecified atom stereocenters. The molecule has 1 saturated carbocycles. The molecule has 18 heavy (non-hydrogen) atoms. The third kappa shape index (κ3) is 1.96. The van der Waals surface area contributed by atoms with E-state index in [-0.39, 0.29) is 5.95 Å². The van der Waals surface area contributed by atoms with Crippen molar-refractivity contribution in [2.75, 3.05) is 5.73 Å². The summed E-state index contributed by atoms with van der Waals surface area (Å²) < 4.78 is 5.41. The molecule has 0 spiro atoms. The number of aryl methyl sites for hydroxylation is 1. The fourth-order valence-corrected chi connectivity index (χ4v) is 2.48. The summed E-state index contributed by atoms with van der Waals surface area (Å²) in [6.45, 7) is 1.97. The summed E-state index contributed by atoms with van der Waals surface area (Å²) in [5.41, 5.74) is 6.79. The highest BCUT2D eigenvalue weighted by Gasteiger charge is 2.22. The minimum Gasteiger partial charge on any atom is -0.461 e. The molecule has 1 aliphatic carbocycles. The lowest BCUT2D eigenvalue weighted by Gasteiger charge is -2.09. The molecule has 5 heteroatoms. The lowest BCUT2D eigenvalue weighted by molar-refractivity contribution is 0.572. The number of nitrogens with zero attached hydrogens (tertiary/aromatic N) is 3. The van der Waals surface area contributed by atoms with Gasteiger partial charge in [0.15, 0.2) is 5.76 Å². The Morgan fingerprint density at radius 1 is 1.22 bits per heavy atom. The van der Waals surface area contributed by atoms with E-state index < -0.39 is 0 Å². The van der Waals surface area contributed by atoms with E-state index in [9.17, 15) is 0 Å². The van der Waals surface area contributed by atoms with Gasteiger partial charge in [-0.1, -0.05) is 12.8 Å². The Bertz CT molecular complexity index is 558. The predicted molar refractivity (Wildman–Crippen MR) is 67.9 cm³/mol. The van der Waals surface area contributed by atoms with Crippen molar-refractivity contribution in [1.29, 1.82) is 0 Å². The first-order valence-corrected chi connectivity index (χ1v) is 6.30. The van der Waals surface area contributed by atoms with E-state index in [1.165, 1.54) is 12.8 Å². The van der Waals surface area contributed by atoms with Crippen molar-refractivity contribution in [3.8, 4) is 11.6 Å². The summed E-state index contributed by atoms with van der Waals surface area (Å²) in [6, 6.07) is 1.89. The molecule has 3 rings (SSSR count). The van der Waals surface area contributed by atoms with Gasteiger partial charge < -0.3 is 10.2 Å². The molecular weight excluding hydrogens is 228 g/mol. The maximum absolute atomic E-state index is 5.78. The van der Waals surface area contributed by atoms with Gasteiger partial charge in [-0.3, -0.25) is 0 Å². The van der Waals surface area contributed by atoms with Crippen molar-refractivity contribution >= 4 is 5.95 Å². The zero-order chi connectivity index (χ0) is 12.5. The van der Waals surface area contributed by atoms with Gasteiger partial charge in [0.05, 0.1) is 6.26 Å². The highest BCUT2D eigenvalue weighted by molar-refractivity contribution is 5.53. The highest BCUT2D eigenvalue weighted by Crippen LogP contribution is 2.33. The van der Waals surface area contributed by atoms with Gasteiger partial charge in [-0.15, -0.1) is 0 Å². The van der Waals surface area contributed by atoms with Crippen LogP contribution in [-0.4, -0.2) is 15.0 Å². The van der Waals surface area contributed by atoms with Gasteiger partial charge in [0.1, 0.15) is 5.82 Å². The van der Waals surface area contributed by atoms with E-state index in [1.807, 2.05) is 13.0 Å². The number of nitrogen functional groups attached to an aromatic ring is 1. The molecule has 0 atom stereocenters. The Morgan fingerprint density at radius 3 is 2.67 bits per heavy atom. The van der Waals surface area contributed by atoms with Crippen LogP contribution >= 0.6 is 0 Å². The first kappa shape index (κ1) is 11.2. The van der Waals surface area contributed by atoms with Crippen molar-refractivity contribution in [3.63, 3.8) is 0 Å². The molecule has 2 aromatic heterocycles. The molecule has 0 amide bonds. The monoisotopic (exact) mass is 244 g/mol. The predicted octanol–water partition coefficient (Wildman–Crippen LogP) is 2.68. The lowest BCUT2D eigenvalue weighted by atomic mass is 10.1. The van der Waals surface area contributed by atoms with E-state index in [2.05, 4.69) is 15.0 Å². The van der Waals surface area contributed by atoms with Gasteiger partial charge in [0, 0.05) is 5.92 Å². The molecule has 1 fully saturated rings. The summed E-state index contributed by atoms with van der Waals surface area (Å²) in [7, 11) is 0. The molecule has 2 aromatic rings. The Labute approximate surface area is 105 Å². The Balaban J connectivity index is 2.03. The smallest absolute Gasteiger partial charge is 0.223 e. The molecule has 5 nitrogen and oxygen atoms in total. The van der Waals surface area contributed by atoms with Crippen LogP contribution in [0.2, 0.25) is 0 Å². The summed E-state index contributed by atoms with van der Waals surface area (Å²) >= 11 is 0. The first-order valence-electron chi connectivity index (χ1n) is 6.30. The number of hydrogen-bond donors (Lipinski definition) is 1.